The Kier molecular flexibility index (Phi) is 5.50. The van der Waals surface area contributed by atoms with Gasteiger partial charge in [0.1, 0.15) is 11.6 Å². The van der Waals surface area contributed by atoms with E-state index in [0.717, 1.165) is 43.3 Å². The average molecular weight is 340 g/mol. The minimum atomic E-state index is -0.101. The zero-order valence-corrected chi connectivity index (χ0v) is 14.7. The van der Waals surface area contributed by atoms with Crippen molar-refractivity contribution in [1.29, 1.82) is 0 Å². The zero-order chi connectivity index (χ0) is 17.6. The van der Waals surface area contributed by atoms with E-state index >= 15 is 0 Å². The van der Waals surface area contributed by atoms with Crippen LogP contribution >= 0.6 is 0 Å². The van der Waals surface area contributed by atoms with E-state index in [9.17, 15) is 4.79 Å². The molecule has 1 N–H and O–H groups in total. The second-order valence-corrected chi connectivity index (χ2v) is 6.19. The number of anilines is 1. The van der Waals surface area contributed by atoms with Crippen molar-refractivity contribution < 1.29 is 9.53 Å². The fourth-order valence-corrected chi connectivity index (χ4v) is 2.89. The highest BCUT2D eigenvalue weighted by molar-refractivity contribution is 5.94. The van der Waals surface area contributed by atoms with E-state index in [-0.39, 0.29) is 5.91 Å². The third-order valence-electron chi connectivity index (χ3n) is 4.46. The summed E-state index contributed by atoms with van der Waals surface area (Å²) in [5, 5.41) is 2.98. The van der Waals surface area contributed by atoms with Crippen molar-refractivity contribution in [2.24, 2.45) is 0 Å². The quantitative estimate of drug-likeness (QED) is 0.899. The van der Waals surface area contributed by atoms with Gasteiger partial charge in [0.15, 0.2) is 0 Å². The van der Waals surface area contributed by atoms with Crippen LogP contribution in [0.2, 0.25) is 0 Å². The molecule has 2 heterocycles. The Bertz CT molecular complexity index is 710. The molecule has 1 aromatic heterocycles. The summed E-state index contributed by atoms with van der Waals surface area (Å²) in [6.07, 6.45) is 1.81. The number of nitrogens with one attached hydrogen (secondary N) is 1. The van der Waals surface area contributed by atoms with Crippen molar-refractivity contribution in [2.45, 2.75) is 6.54 Å². The van der Waals surface area contributed by atoms with Crippen LogP contribution in [0.15, 0.2) is 42.6 Å². The monoisotopic (exact) mass is 340 g/mol. The van der Waals surface area contributed by atoms with Gasteiger partial charge in [-0.2, -0.15) is 0 Å². The minimum Gasteiger partial charge on any atom is -0.497 e. The summed E-state index contributed by atoms with van der Waals surface area (Å²) in [5.74, 6) is 1.60. The first-order chi connectivity index (χ1) is 12.2. The molecular weight excluding hydrogens is 316 g/mol. The number of ether oxygens (including phenoxy) is 1. The molecule has 0 saturated carbocycles. The molecule has 1 saturated heterocycles. The largest absolute Gasteiger partial charge is 0.497 e. The Morgan fingerprint density at radius 1 is 1.16 bits per heavy atom. The Hall–Kier alpha value is -2.60. The maximum Gasteiger partial charge on any atom is 0.251 e. The average Bonchev–Trinajstić information content (AvgIpc) is 2.67. The van der Waals surface area contributed by atoms with Gasteiger partial charge in [-0.15, -0.1) is 0 Å². The van der Waals surface area contributed by atoms with Crippen LogP contribution in [0.5, 0.6) is 5.75 Å². The fraction of sp³-hybridized carbons (Fsp3) is 0.368. The van der Waals surface area contributed by atoms with Crippen LogP contribution in [0, 0.1) is 0 Å². The molecule has 0 aliphatic carbocycles. The fourth-order valence-electron chi connectivity index (χ4n) is 2.89. The van der Waals surface area contributed by atoms with E-state index in [1.165, 1.54) is 0 Å². The Morgan fingerprint density at radius 2 is 1.88 bits per heavy atom. The van der Waals surface area contributed by atoms with Gasteiger partial charge in [-0.25, -0.2) is 4.98 Å². The van der Waals surface area contributed by atoms with Crippen molar-refractivity contribution in [1.82, 2.24) is 15.2 Å². The first kappa shape index (κ1) is 17.2. The molecule has 6 nitrogen and oxygen atoms in total. The van der Waals surface area contributed by atoms with Gasteiger partial charge in [-0.3, -0.25) is 4.79 Å². The number of carbonyl (C=O) groups excluding carboxylic acids is 1. The van der Waals surface area contributed by atoms with Gasteiger partial charge in [-0.1, -0.05) is 6.07 Å². The molecule has 1 aromatic carbocycles. The Labute approximate surface area is 148 Å². The molecular formula is C19H24N4O2. The van der Waals surface area contributed by atoms with Crippen molar-refractivity contribution >= 4 is 11.7 Å². The number of hydrogen-bond donors (Lipinski definition) is 1. The number of carbonyl (C=O) groups is 1. The predicted octanol–water partition coefficient (Wildman–Crippen LogP) is 1.77. The van der Waals surface area contributed by atoms with E-state index in [0.29, 0.717) is 12.1 Å². The van der Waals surface area contributed by atoms with E-state index in [1.807, 2.05) is 18.3 Å². The van der Waals surface area contributed by atoms with Crippen LogP contribution in [0.4, 0.5) is 5.82 Å². The summed E-state index contributed by atoms with van der Waals surface area (Å²) in [7, 11) is 3.74. The van der Waals surface area contributed by atoms with Gasteiger partial charge in [0, 0.05) is 50.0 Å². The van der Waals surface area contributed by atoms with Crippen LogP contribution in [0.1, 0.15) is 15.9 Å². The molecule has 0 bridgehead atoms. The van der Waals surface area contributed by atoms with Gasteiger partial charge < -0.3 is 19.9 Å². The number of benzene rings is 1. The highest BCUT2D eigenvalue weighted by atomic mass is 16.5. The second kappa shape index (κ2) is 7.98. The molecule has 6 heteroatoms. The highest BCUT2D eigenvalue weighted by Gasteiger charge is 2.18. The third-order valence-corrected chi connectivity index (χ3v) is 4.46. The summed E-state index contributed by atoms with van der Waals surface area (Å²) in [6.45, 7) is 4.41. The van der Waals surface area contributed by atoms with Crippen LogP contribution in [0.3, 0.4) is 0 Å². The van der Waals surface area contributed by atoms with Crippen LogP contribution < -0.4 is 15.0 Å². The van der Waals surface area contributed by atoms with Crippen LogP contribution in [-0.4, -0.2) is 56.1 Å². The second-order valence-electron chi connectivity index (χ2n) is 6.19. The van der Waals surface area contributed by atoms with E-state index in [1.54, 1.807) is 31.4 Å². The summed E-state index contributed by atoms with van der Waals surface area (Å²) in [6, 6.07) is 11.0. The van der Waals surface area contributed by atoms with Crippen molar-refractivity contribution in [3.05, 3.63) is 53.7 Å². The van der Waals surface area contributed by atoms with Gasteiger partial charge in [-0.05, 0) is 37.4 Å². The molecule has 0 unspecified atom stereocenters. The molecule has 2 aromatic rings. The van der Waals surface area contributed by atoms with Gasteiger partial charge in [0.25, 0.3) is 5.91 Å². The maximum atomic E-state index is 12.4. The summed E-state index contributed by atoms with van der Waals surface area (Å²) in [5.41, 5.74) is 1.65. The normalized spacial score (nSPS) is 15.0. The first-order valence-electron chi connectivity index (χ1n) is 8.47. The van der Waals surface area contributed by atoms with Gasteiger partial charge in [0.2, 0.25) is 0 Å². The van der Waals surface area contributed by atoms with E-state index < -0.39 is 0 Å². The Morgan fingerprint density at radius 3 is 2.56 bits per heavy atom. The zero-order valence-electron chi connectivity index (χ0n) is 14.7. The van der Waals surface area contributed by atoms with Gasteiger partial charge >= 0.3 is 0 Å². The highest BCUT2D eigenvalue weighted by Crippen LogP contribution is 2.19. The lowest BCUT2D eigenvalue weighted by Gasteiger charge is -2.34. The summed E-state index contributed by atoms with van der Waals surface area (Å²) >= 11 is 0. The molecule has 1 aliphatic rings. The molecule has 1 fully saturated rings. The number of amides is 1. The van der Waals surface area contributed by atoms with Crippen LogP contribution in [-0.2, 0) is 6.54 Å². The number of nitrogens with zero attached hydrogens (tertiary/aromatic N) is 3. The van der Waals surface area contributed by atoms with Crippen molar-refractivity contribution in [3.63, 3.8) is 0 Å². The third kappa shape index (κ3) is 4.28. The topological polar surface area (TPSA) is 57.7 Å². The SMILES string of the molecule is COc1ccc(C(=O)NCc2cccnc2N2CCN(C)CC2)cc1. The van der Waals surface area contributed by atoms with E-state index in [4.69, 9.17) is 4.74 Å². The van der Waals surface area contributed by atoms with Crippen molar-refractivity contribution in [3.8, 4) is 5.75 Å². The first-order valence-corrected chi connectivity index (χ1v) is 8.47. The standard InChI is InChI=1S/C19H24N4O2/c1-22-10-12-23(13-11-22)18-16(4-3-9-20-18)14-21-19(24)15-5-7-17(25-2)8-6-15/h3-9H,10-14H2,1-2H3,(H,21,24). The lowest BCUT2D eigenvalue weighted by atomic mass is 10.2. The number of methoxy groups -OCH3 is 1. The molecule has 132 valence electrons. The molecule has 1 amide bonds. The van der Waals surface area contributed by atoms with Gasteiger partial charge in [0.05, 0.1) is 7.11 Å². The Balaban J connectivity index is 1.65. The number of likely N-dealkylation sites (N-methyl/N-ethyl adjacent to an activating group) is 1. The molecule has 25 heavy (non-hydrogen) atoms. The minimum absolute atomic E-state index is 0.101. The molecule has 0 spiro atoms. The lowest BCUT2D eigenvalue weighted by molar-refractivity contribution is 0.0951. The lowest BCUT2D eigenvalue weighted by Crippen LogP contribution is -2.45. The molecule has 3 rings (SSSR count). The molecule has 0 atom stereocenters. The van der Waals surface area contributed by atoms with Crippen molar-refractivity contribution in [2.75, 3.05) is 45.2 Å². The number of rotatable bonds is 5. The molecule has 1 aliphatic heterocycles. The predicted molar refractivity (Wildman–Crippen MR) is 98.1 cm³/mol. The number of aromatic nitrogens is 1. The number of pyridine rings is 1. The number of hydrogen-bond acceptors (Lipinski definition) is 5. The summed E-state index contributed by atoms with van der Waals surface area (Å²) in [4.78, 5) is 21.5. The van der Waals surface area contributed by atoms with E-state index in [2.05, 4.69) is 27.1 Å². The summed E-state index contributed by atoms with van der Waals surface area (Å²) < 4.78 is 5.12. The molecule has 0 radical (unpaired) electrons. The maximum absolute atomic E-state index is 12.4. The smallest absolute Gasteiger partial charge is 0.251 e. The number of piperazine rings is 1. The van der Waals surface area contributed by atoms with Crippen LogP contribution in [0.25, 0.3) is 0 Å².